The summed E-state index contributed by atoms with van der Waals surface area (Å²) >= 11 is 0. The third-order valence-corrected chi connectivity index (χ3v) is 4.29. The molecule has 0 aliphatic carbocycles. The molecule has 0 aromatic carbocycles. The number of likely N-dealkylation sites (tertiary alicyclic amines) is 1. The highest BCUT2D eigenvalue weighted by atomic mass is 16.5. The van der Waals surface area contributed by atoms with E-state index in [4.69, 9.17) is 9.47 Å². The smallest absolute Gasteiger partial charge is 0.310 e. The fraction of sp³-hybridized carbons (Fsp3) is 0.923. The Labute approximate surface area is 103 Å². The molecular weight excluding hydrogens is 218 g/mol. The summed E-state index contributed by atoms with van der Waals surface area (Å²) in [5, 5.41) is 0. The molecule has 2 aliphatic heterocycles. The summed E-state index contributed by atoms with van der Waals surface area (Å²) in [6.45, 7) is 7.07. The molecule has 0 aromatic heterocycles. The second-order valence-corrected chi connectivity index (χ2v) is 5.60. The van der Waals surface area contributed by atoms with Crippen molar-refractivity contribution < 1.29 is 14.3 Å². The van der Waals surface area contributed by atoms with Crippen LogP contribution in [0.15, 0.2) is 0 Å². The van der Waals surface area contributed by atoms with Gasteiger partial charge in [-0.2, -0.15) is 0 Å². The van der Waals surface area contributed by atoms with Gasteiger partial charge < -0.3 is 9.47 Å². The zero-order valence-electron chi connectivity index (χ0n) is 11.1. The van der Waals surface area contributed by atoms with Crippen LogP contribution in [0.25, 0.3) is 0 Å². The number of hydrogen-bond donors (Lipinski definition) is 0. The third-order valence-electron chi connectivity index (χ3n) is 4.29. The molecule has 0 spiro atoms. The van der Waals surface area contributed by atoms with Crippen molar-refractivity contribution in [3.8, 4) is 0 Å². The maximum Gasteiger partial charge on any atom is 0.310 e. The number of esters is 1. The van der Waals surface area contributed by atoms with Crippen LogP contribution in [0, 0.1) is 5.92 Å². The molecule has 98 valence electrons. The van der Waals surface area contributed by atoms with Gasteiger partial charge in [0.25, 0.3) is 0 Å². The maximum atomic E-state index is 11.7. The van der Waals surface area contributed by atoms with Crippen molar-refractivity contribution in [2.75, 3.05) is 26.8 Å². The number of methoxy groups -OCH3 is 1. The minimum Gasteiger partial charge on any atom is -0.469 e. The molecule has 0 saturated carbocycles. The minimum atomic E-state index is -0.112. The van der Waals surface area contributed by atoms with Gasteiger partial charge in [0.1, 0.15) is 0 Å². The molecule has 2 fully saturated rings. The summed E-state index contributed by atoms with van der Waals surface area (Å²) in [4.78, 5) is 14.1. The van der Waals surface area contributed by atoms with Crippen molar-refractivity contribution in [2.45, 2.75) is 44.8 Å². The molecule has 0 radical (unpaired) electrons. The second kappa shape index (κ2) is 4.94. The first kappa shape index (κ1) is 12.8. The van der Waals surface area contributed by atoms with Crippen molar-refractivity contribution in [3.63, 3.8) is 0 Å². The van der Waals surface area contributed by atoms with Gasteiger partial charge in [-0.15, -0.1) is 0 Å². The second-order valence-electron chi connectivity index (χ2n) is 5.60. The van der Waals surface area contributed by atoms with Gasteiger partial charge >= 0.3 is 5.97 Å². The summed E-state index contributed by atoms with van der Waals surface area (Å²) < 4.78 is 10.6. The van der Waals surface area contributed by atoms with Gasteiger partial charge in [-0.25, -0.2) is 0 Å². The lowest BCUT2D eigenvalue weighted by atomic mass is 9.88. The van der Waals surface area contributed by atoms with Gasteiger partial charge in [0.15, 0.2) is 0 Å². The average molecular weight is 241 g/mol. The van der Waals surface area contributed by atoms with Crippen molar-refractivity contribution in [1.82, 2.24) is 4.90 Å². The number of ether oxygens (including phenoxy) is 2. The maximum absolute atomic E-state index is 11.7. The summed E-state index contributed by atoms with van der Waals surface area (Å²) in [6, 6.07) is 0. The molecule has 0 N–H and O–H groups in total. The normalized spacial score (nSPS) is 32.9. The van der Waals surface area contributed by atoms with Gasteiger partial charge in [-0.3, -0.25) is 9.69 Å². The van der Waals surface area contributed by atoms with E-state index in [1.165, 1.54) is 13.5 Å². The van der Waals surface area contributed by atoms with Crippen LogP contribution in [0.3, 0.4) is 0 Å². The SMILES string of the molecule is COC(=O)C1CCN(CC2CCCO2)C1(C)C. The van der Waals surface area contributed by atoms with E-state index in [-0.39, 0.29) is 17.4 Å². The number of nitrogens with zero attached hydrogens (tertiary/aromatic N) is 1. The summed E-state index contributed by atoms with van der Waals surface area (Å²) in [5.41, 5.74) is -0.112. The van der Waals surface area contributed by atoms with Gasteiger partial charge in [0, 0.05) is 18.7 Å². The van der Waals surface area contributed by atoms with Gasteiger partial charge in [-0.1, -0.05) is 0 Å². The van der Waals surface area contributed by atoms with Crippen LogP contribution in [0.2, 0.25) is 0 Å². The molecule has 4 nitrogen and oxygen atoms in total. The van der Waals surface area contributed by atoms with Gasteiger partial charge in [0.05, 0.1) is 19.1 Å². The van der Waals surface area contributed by atoms with Crippen molar-refractivity contribution in [1.29, 1.82) is 0 Å². The van der Waals surface area contributed by atoms with E-state index < -0.39 is 0 Å². The van der Waals surface area contributed by atoms with E-state index >= 15 is 0 Å². The highest BCUT2D eigenvalue weighted by molar-refractivity contribution is 5.74. The van der Waals surface area contributed by atoms with Crippen LogP contribution in [0.1, 0.15) is 33.1 Å². The molecule has 0 bridgehead atoms. The monoisotopic (exact) mass is 241 g/mol. The molecule has 2 heterocycles. The minimum absolute atomic E-state index is 0.00565. The number of rotatable bonds is 3. The molecule has 17 heavy (non-hydrogen) atoms. The first-order valence-electron chi connectivity index (χ1n) is 6.50. The van der Waals surface area contributed by atoms with Crippen LogP contribution < -0.4 is 0 Å². The lowest BCUT2D eigenvalue weighted by molar-refractivity contribution is -0.148. The summed E-state index contributed by atoms with van der Waals surface area (Å²) in [7, 11) is 1.47. The standard InChI is InChI=1S/C13H23NO3/c1-13(2)11(12(15)16-3)6-7-14(13)9-10-5-4-8-17-10/h10-11H,4-9H2,1-3H3. The van der Waals surface area contributed by atoms with E-state index in [1.54, 1.807) is 0 Å². The van der Waals surface area contributed by atoms with Gasteiger partial charge in [-0.05, 0) is 39.7 Å². The highest BCUT2D eigenvalue weighted by Crippen LogP contribution is 2.36. The van der Waals surface area contributed by atoms with E-state index in [0.29, 0.717) is 6.10 Å². The first-order valence-corrected chi connectivity index (χ1v) is 6.50. The van der Waals surface area contributed by atoms with E-state index in [9.17, 15) is 4.79 Å². The van der Waals surface area contributed by atoms with Crippen LogP contribution in [0.4, 0.5) is 0 Å². The largest absolute Gasteiger partial charge is 0.469 e. The average Bonchev–Trinajstić information content (AvgIpc) is 2.88. The molecular formula is C13H23NO3. The Bertz CT molecular complexity index is 284. The number of hydrogen-bond acceptors (Lipinski definition) is 4. The van der Waals surface area contributed by atoms with Crippen LogP contribution in [0.5, 0.6) is 0 Å². The van der Waals surface area contributed by atoms with E-state index in [1.807, 2.05) is 0 Å². The topological polar surface area (TPSA) is 38.8 Å². The Morgan fingerprint density at radius 2 is 2.24 bits per heavy atom. The number of carbonyl (C=O) groups excluding carboxylic acids is 1. The molecule has 0 aromatic rings. The first-order chi connectivity index (χ1) is 8.05. The molecule has 4 heteroatoms. The molecule has 2 unspecified atom stereocenters. The summed E-state index contributed by atoms with van der Waals surface area (Å²) in [6.07, 6.45) is 3.56. The van der Waals surface area contributed by atoms with E-state index in [2.05, 4.69) is 18.7 Å². The zero-order valence-corrected chi connectivity index (χ0v) is 11.1. The third kappa shape index (κ3) is 2.47. The summed E-state index contributed by atoms with van der Waals surface area (Å²) in [5.74, 6) is -0.0845. The van der Waals surface area contributed by atoms with Crippen LogP contribution in [-0.2, 0) is 14.3 Å². The van der Waals surface area contributed by atoms with Crippen LogP contribution >= 0.6 is 0 Å². The highest BCUT2D eigenvalue weighted by Gasteiger charge is 2.46. The Hall–Kier alpha value is -0.610. The fourth-order valence-corrected chi connectivity index (χ4v) is 3.06. The quantitative estimate of drug-likeness (QED) is 0.701. The Balaban J connectivity index is 1.98. The Kier molecular flexibility index (Phi) is 3.73. The molecule has 2 atom stereocenters. The van der Waals surface area contributed by atoms with Crippen molar-refractivity contribution in [2.24, 2.45) is 5.92 Å². The number of carbonyl (C=O) groups is 1. The molecule has 2 aliphatic rings. The lowest BCUT2D eigenvalue weighted by Crippen LogP contribution is -2.47. The lowest BCUT2D eigenvalue weighted by Gasteiger charge is -2.36. The van der Waals surface area contributed by atoms with Crippen LogP contribution in [-0.4, -0.2) is 49.3 Å². The fourth-order valence-electron chi connectivity index (χ4n) is 3.06. The van der Waals surface area contributed by atoms with Crippen molar-refractivity contribution in [3.05, 3.63) is 0 Å². The zero-order chi connectivity index (χ0) is 12.5. The molecule has 2 rings (SSSR count). The molecule has 2 saturated heterocycles. The predicted molar refractivity (Wildman–Crippen MR) is 64.7 cm³/mol. The van der Waals surface area contributed by atoms with Gasteiger partial charge in [0.2, 0.25) is 0 Å². The van der Waals surface area contributed by atoms with E-state index in [0.717, 1.165) is 32.5 Å². The predicted octanol–water partition coefficient (Wildman–Crippen LogP) is 1.44. The van der Waals surface area contributed by atoms with Crippen molar-refractivity contribution >= 4 is 5.97 Å². The Morgan fingerprint density at radius 1 is 1.47 bits per heavy atom. The Morgan fingerprint density at radius 3 is 2.82 bits per heavy atom. The molecule has 0 amide bonds.